The summed E-state index contributed by atoms with van der Waals surface area (Å²) in [5.41, 5.74) is 3.00. The van der Waals surface area contributed by atoms with E-state index in [0.717, 1.165) is 11.1 Å². The minimum absolute atomic E-state index is 0.152. The van der Waals surface area contributed by atoms with Gasteiger partial charge in [0.05, 0.1) is 63.5 Å². The van der Waals surface area contributed by atoms with Gasteiger partial charge in [-0.25, -0.2) is 0 Å². The molecule has 494 valence electrons. The van der Waals surface area contributed by atoms with Crippen LogP contribution < -0.4 is 42.5 Å². The Balaban J connectivity index is 0.716. The number of aliphatic hydroxyl groups is 1. The molecule has 1 unspecified atom stereocenters. The van der Waals surface area contributed by atoms with Crippen LogP contribution in [0, 0.1) is 11.8 Å². The number of amides is 8. The predicted molar refractivity (Wildman–Crippen MR) is 337 cm³/mol. The van der Waals surface area contributed by atoms with E-state index in [1.807, 2.05) is 74.5 Å². The first-order chi connectivity index (χ1) is 44.3. The predicted octanol–water partition coefficient (Wildman–Crippen LogP) is 1.75. The van der Waals surface area contributed by atoms with Crippen molar-refractivity contribution in [3.63, 3.8) is 0 Å². The summed E-state index contributed by atoms with van der Waals surface area (Å²) < 4.78 is 18.6. The van der Waals surface area contributed by atoms with Crippen LogP contribution in [-0.2, 0) is 65.5 Å². The number of ether oxygens (including phenoxy) is 3. The van der Waals surface area contributed by atoms with E-state index in [-0.39, 0.29) is 113 Å². The van der Waals surface area contributed by atoms with E-state index in [1.165, 1.54) is 0 Å². The monoisotopic (exact) mass is 1260 g/mol. The van der Waals surface area contributed by atoms with Crippen LogP contribution in [0.4, 0.5) is 0 Å². The Morgan fingerprint density at radius 3 is 1.54 bits per heavy atom. The van der Waals surface area contributed by atoms with E-state index in [4.69, 9.17) is 14.2 Å². The molecular weight excluding hydrogens is 1170 g/mol. The van der Waals surface area contributed by atoms with Gasteiger partial charge >= 0.3 is 0 Å². The smallest absolute Gasteiger partial charge is 0.247 e. The fourth-order valence-electron chi connectivity index (χ4n) is 13.0. The van der Waals surface area contributed by atoms with Gasteiger partial charge in [0.1, 0.15) is 30.2 Å². The summed E-state index contributed by atoms with van der Waals surface area (Å²) in [6.07, 6.45) is 7.70. The van der Waals surface area contributed by atoms with Gasteiger partial charge in [-0.1, -0.05) is 110 Å². The van der Waals surface area contributed by atoms with Crippen LogP contribution in [-0.4, -0.2) is 199 Å². The van der Waals surface area contributed by atoms with Gasteiger partial charge in [0.15, 0.2) is 0 Å². The first kappa shape index (κ1) is 69.2. The number of fused-ring (bicyclic) bond motifs is 2. The number of aryl methyl sites for hydroxylation is 1. The zero-order chi connectivity index (χ0) is 64.7. The molecule has 25 nitrogen and oxygen atoms in total. The van der Waals surface area contributed by atoms with E-state index >= 15 is 0 Å². The quantitative estimate of drug-likeness (QED) is 0.0301. The Labute approximate surface area is 533 Å². The molecule has 8 amide bonds. The summed E-state index contributed by atoms with van der Waals surface area (Å²) in [5, 5.41) is 42.8. The summed E-state index contributed by atoms with van der Waals surface area (Å²) in [5.74, 6) is -3.59. The number of carbonyl (C=O) groups is 8. The Bertz CT molecular complexity index is 2950. The second-order valence-corrected chi connectivity index (χ2v) is 23.8. The lowest BCUT2D eigenvalue weighted by molar-refractivity contribution is -0.144. The Morgan fingerprint density at radius 1 is 0.571 bits per heavy atom. The molecule has 0 radical (unpaired) electrons. The highest BCUT2D eigenvalue weighted by Gasteiger charge is 2.50. The summed E-state index contributed by atoms with van der Waals surface area (Å²) in [7, 11) is 3.37. The highest BCUT2D eigenvalue weighted by molar-refractivity contribution is 5.97. The molecule has 4 saturated heterocycles. The van der Waals surface area contributed by atoms with E-state index in [0.29, 0.717) is 88.5 Å². The molecule has 0 aliphatic carbocycles. The minimum Gasteiger partial charge on any atom is -0.396 e. The molecule has 0 spiro atoms. The second-order valence-electron chi connectivity index (χ2n) is 23.8. The molecule has 91 heavy (non-hydrogen) atoms. The third kappa shape index (κ3) is 18.7. The van der Waals surface area contributed by atoms with Crippen LogP contribution in [0.5, 0.6) is 0 Å². The minimum atomic E-state index is -1.06. The van der Waals surface area contributed by atoms with Crippen molar-refractivity contribution in [3.8, 4) is 0 Å². The van der Waals surface area contributed by atoms with Crippen LogP contribution in [0.25, 0.3) is 0 Å². The molecule has 9 N–H and O–H groups in total. The van der Waals surface area contributed by atoms with Gasteiger partial charge in [-0.05, 0) is 95.0 Å². The zero-order valence-corrected chi connectivity index (χ0v) is 52.9. The van der Waals surface area contributed by atoms with Crippen LogP contribution in [0.2, 0.25) is 0 Å². The molecule has 0 saturated carbocycles. The molecule has 4 fully saturated rings. The average molecular weight is 1260 g/mol. The summed E-state index contributed by atoms with van der Waals surface area (Å²) >= 11 is 0. The average Bonchev–Trinajstić information content (AvgIpc) is 1.71. The molecule has 4 aliphatic heterocycles. The summed E-state index contributed by atoms with van der Waals surface area (Å²) in [6, 6.07) is 21.9. The molecule has 0 bridgehead atoms. The number of nitrogens with zero attached hydrogens (tertiary/aromatic N) is 5. The van der Waals surface area contributed by atoms with Gasteiger partial charge < -0.3 is 71.7 Å². The van der Waals surface area contributed by atoms with Crippen molar-refractivity contribution in [2.75, 3.05) is 73.4 Å². The highest BCUT2D eigenvalue weighted by Crippen LogP contribution is 2.37. The third-order valence-corrected chi connectivity index (χ3v) is 18.0. The molecular formula is C66H93N13O12. The zero-order valence-electron chi connectivity index (χ0n) is 52.9. The number of aromatic nitrogens is 3. The van der Waals surface area contributed by atoms with E-state index < -0.39 is 72.0 Å². The molecule has 11 atom stereocenters. The first-order valence-electron chi connectivity index (χ1n) is 32.4. The largest absolute Gasteiger partial charge is 0.396 e. The van der Waals surface area contributed by atoms with E-state index in [9.17, 15) is 43.5 Å². The van der Waals surface area contributed by atoms with Crippen molar-refractivity contribution in [1.82, 2.24) is 67.3 Å². The number of benzene rings is 3. The molecule has 25 heteroatoms. The van der Waals surface area contributed by atoms with Crippen molar-refractivity contribution in [1.29, 1.82) is 0 Å². The number of carbonyl (C=O) groups excluding carboxylic acids is 8. The van der Waals surface area contributed by atoms with Crippen molar-refractivity contribution < 1.29 is 57.7 Å². The van der Waals surface area contributed by atoms with Gasteiger partial charge in [-0.2, -0.15) is 0 Å². The molecule has 4 aromatic rings. The van der Waals surface area contributed by atoms with Crippen LogP contribution in [0.1, 0.15) is 119 Å². The number of hydrogen-bond donors (Lipinski definition) is 9. The second kappa shape index (κ2) is 35.2. The van der Waals surface area contributed by atoms with Crippen LogP contribution in [0.15, 0.2) is 97.2 Å². The topological polar surface area (TPSA) is 318 Å². The van der Waals surface area contributed by atoms with Crippen molar-refractivity contribution in [3.05, 3.63) is 120 Å². The SMILES string of the molecule is CC[C@H](NC)C(=O)N[C@@H]1C(=O)N2C(CC[C@@H]1Cn1cc(CCC(=O)NCCOCCOCCOCCNC(=O)[C@@H](NC(=O)[C@@H]3CC[C@@H]4CC[C@H](CO)[C@H](NC(=O)[C@H](CC)NC)C(=O)N43)c3ccccc3)nn1)CC[C@H]2C(=O)NC(c1ccccc1)c1ccccc1. The maximum Gasteiger partial charge on any atom is 0.247 e. The number of nitrogens with one attached hydrogen (secondary N) is 8. The van der Waals surface area contributed by atoms with E-state index in [2.05, 4.69) is 52.8 Å². The maximum absolute atomic E-state index is 14.9. The molecule has 8 rings (SSSR count). The van der Waals surface area contributed by atoms with Gasteiger partial charge in [0.25, 0.3) is 0 Å². The third-order valence-electron chi connectivity index (χ3n) is 18.0. The van der Waals surface area contributed by atoms with Crippen molar-refractivity contribution in [2.24, 2.45) is 11.8 Å². The molecule has 4 aliphatic rings. The van der Waals surface area contributed by atoms with Crippen LogP contribution in [0.3, 0.4) is 0 Å². The Hall–Kier alpha value is -7.68. The van der Waals surface area contributed by atoms with E-state index in [1.54, 1.807) is 65.1 Å². The van der Waals surface area contributed by atoms with Crippen molar-refractivity contribution >= 4 is 47.3 Å². The highest BCUT2D eigenvalue weighted by atomic mass is 16.5. The maximum atomic E-state index is 14.9. The first-order valence-corrected chi connectivity index (χ1v) is 32.4. The van der Waals surface area contributed by atoms with Gasteiger partial charge in [-0.3, -0.25) is 43.0 Å². The fourth-order valence-corrected chi connectivity index (χ4v) is 13.0. The molecule has 5 heterocycles. The summed E-state index contributed by atoms with van der Waals surface area (Å²) in [4.78, 5) is 114. The van der Waals surface area contributed by atoms with Crippen LogP contribution >= 0.6 is 0 Å². The summed E-state index contributed by atoms with van der Waals surface area (Å²) in [6.45, 7) is 5.72. The Kier molecular flexibility index (Phi) is 26.8. The lowest BCUT2D eigenvalue weighted by atomic mass is 9.92. The van der Waals surface area contributed by atoms with Gasteiger partial charge in [-0.15, -0.1) is 5.10 Å². The van der Waals surface area contributed by atoms with Gasteiger partial charge in [0, 0.05) is 69.2 Å². The number of aliphatic hydroxyl groups excluding tert-OH is 1. The lowest BCUT2D eigenvalue weighted by Gasteiger charge is -2.33. The van der Waals surface area contributed by atoms with Crippen molar-refractivity contribution in [2.45, 2.75) is 158 Å². The number of hydrogen-bond acceptors (Lipinski definition) is 16. The normalized spacial score (nSPS) is 22.4. The lowest BCUT2D eigenvalue weighted by Crippen LogP contribution is -2.59. The molecule has 1 aromatic heterocycles. The molecule has 3 aromatic carbocycles. The standard InChI is InChI=1S/C66H93N13O12/c1-5-51(67-3)60(82)73-58-46(22-25-49-27-29-53(78(49)65(58)87)62(84)71-56(43-16-10-7-11-17-43)44-18-12-8-13-19-44)40-77-41-48(75-76-77)24-31-55(81)69-32-34-89-36-38-91-39-37-90-35-33-70-64(86)57(45-20-14-9-15-21-45)72-63(85)54-30-28-50-26-23-47(42-80)59(66(88)79(50)54)74-61(83)52(6-2)68-4/h7-21,41,46-47,49-54,56-59,67-68,80H,5-6,22-40,42H2,1-4H3,(H,69,81)(H,70,86)(H,71,84)(H,72,85)(H,73,82)(H,74,83)/t46-,47-,49?,50+,51+,52+,53+,54+,57+,58+,59+/m1/s1. The number of rotatable bonds is 34. The number of likely N-dealkylation sites (N-methyl/N-ethyl adjacent to an activating group) is 2. The fraction of sp³-hybridized carbons (Fsp3) is 0.576. The van der Waals surface area contributed by atoms with Gasteiger partial charge in [0.2, 0.25) is 47.3 Å². The Morgan fingerprint density at radius 2 is 1.03 bits per heavy atom.